The monoisotopic (exact) mass is 344 g/mol. The maximum Gasteiger partial charge on any atom is 0.177 e. The lowest BCUT2D eigenvalue weighted by Gasteiger charge is -2.07. The Kier molecular flexibility index (Phi) is 4.43. The second-order valence-electron chi connectivity index (χ2n) is 3.69. The highest BCUT2D eigenvalue weighted by molar-refractivity contribution is 9.10. The summed E-state index contributed by atoms with van der Waals surface area (Å²) in [7, 11) is 1.58. The fourth-order valence-corrected chi connectivity index (χ4v) is 3.17. The van der Waals surface area contributed by atoms with E-state index >= 15 is 0 Å². The number of methoxy groups -OCH3 is 1. The Morgan fingerprint density at radius 2 is 2.22 bits per heavy atom. The summed E-state index contributed by atoms with van der Waals surface area (Å²) in [5, 5.41) is 2.49. The van der Waals surface area contributed by atoms with Crippen LogP contribution in [0, 0.1) is 0 Å². The van der Waals surface area contributed by atoms with Crippen LogP contribution in [0.2, 0.25) is 5.02 Å². The van der Waals surface area contributed by atoms with Gasteiger partial charge in [-0.1, -0.05) is 11.6 Å². The molecule has 0 aliphatic heterocycles. The van der Waals surface area contributed by atoms with E-state index in [9.17, 15) is 4.79 Å². The quantitative estimate of drug-likeness (QED) is 0.757. The molecule has 0 unspecified atom stereocenters. The number of carbonyl (C=O) groups is 1. The van der Waals surface area contributed by atoms with Gasteiger partial charge < -0.3 is 4.74 Å². The first-order valence-corrected chi connectivity index (χ1v) is 7.25. The highest BCUT2D eigenvalue weighted by atomic mass is 79.9. The van der Waals surface area contributed by atoms with Crippen molar-refractivity contribution in [3.8, 4) is 5.75 Å². The van der Waals surface area contributed by atoms with Crippen molar-refractivity contribution in [2.75, 3.05) is 7.11 Å². The van der Waals surface area contributed by atoms with Gasteiger partial charge in [0.25, 0.3) is 0 Å². The van der Waals surface area contributed by atoms with Crippen molar-refractivity contribution in [3.63, 3.8) is 0 Å². The lowest BCUT2D eigenvalue weighted by molar-refractivity contribution is 0.0996. The van der Waals surface area contributed by atoms with E-state index in [1.807, 2.05) is 11.4 Å². The third kappa shape index (κ3) is 3.13. The lowest BCUT2D eigenvalue weighted by atomic mass is 10.1. The summed E-state index contributed by atoms with van der Waals surface area (Å²) in [6.07, 6.45) is 0.288. The van der Waals surface area contributed by atoms with Gasteiger partial charge in [-0.25, -0.2) is 0 Å². The second kappa shape index (κ2) is 5.87. The number of ketones is 1. The van der Waals surface area contributed by atoms with Crippen LogP contribution in [0.25, 0.3) is 0 Å². The molecule has 0 radical (unpaired) electrons. The van der Waals surface area contributed by atoms with E-state index in [2.05, 4.69) is 15.9 Å². The summed E-state index contributed by atoms with van der Waals surface area (Å²) >= 11 is 10.7. The molecule has 1 heterocycles. The molecule has 0 aliphatic rings. The van der Waals surface area contributed by atoms with E-state index in [-0.39, 0.29) is 12.2 Å². The summed E-state index contributed by atoms with van der Waals surface area (Å²) in [6.45, 7) is 0. The van der Waals surface area contributed by atoms with Gasteiger partial charge >= 0.3 is 0 Å². The molecule has 0 fully saturated rings. The number of halogens is 2. The van der Waals surface area contributed by atoms with E-state index in [1.54, 1.807) is 25.3 Å². The molecular weight excluding hydrogens is 336 g/mol. The van der Waals surface area contributed by atoms with Crippen LogP contribution in [-0.2, 0) is 6.42 Å². The predicted octanol–water partition coefficient (Wildman–Crippen LogP) is 4.60. The average molecular weight is 346 g/mol. The second-order valence-corrected chi connectivity index (χ2v) is 5.95. The number of carbonyl (C=O) groups excluding carboxylic acids is 1. The van der Waals surface area contributed by atoms with Crippen LogP contribution < -0.4 is 4.74 Å². The first-order chi connectivity index (χ1) is 8.60. The van der Waals surface area contributed by atoms with E-state index in [0.29, 0.717) is 10.8 Å². The van der Waals surface area contributed by atoms with Crippen LogP contribution >= 0.6 is 38.9 Å². The number of ether oxygens (including phenoxy) is 1. The number of benzene rings is 1. The molecule has 1 aromatic heterocycles. The number of Topliss-reactive ketones (excluding diaryl/α,β-unsaturated/α-hetero) is 1. The highest BCUT2D eigenvalue weighted by Gasteiger charge is 2.13. The molecule has 2 nitrogen and oxygen atoms in total. The number of rotatable bonds is 4. The summed E-state index contributed by atoms with van der Waals surface area (Å²) in [5.41, 5.74) is 0.805. The fraction of sp³-hybridized carbons (Fsp3) is 0.154. The van der Waals surface area contributed by atoms with Crippen LogP contribution in [0.4, 0.5) is 0 Å². The Hall–Kier alpha value is -0.840. The summed E-state index contributed by atoms with van der Waals surface area (Å²) in [5.74, 6) is 0.745. The molecule has 0 N–H and O–H groups in total. The normalized spacial score (nSPS) is 10.4. The highest BCUT2D eigenvalue weighted by Crippen LogP contribution is 2.26. The van der Waals surface area contributed by atoms with Gasteiger partial charge in [0, 0.05) is 26.9 Å². The predicted molar refractivity (Wildman–Crippen MR) is 78.1 cm³/mol. The largest absolute Gasteiger partial charge is 0.496 e. The van der Waals surface area contributed by atoms with Gasteiger partial charge in [-0.05, 0) is 40.2 Å². The zero-order valence-corrected chi connectivity index (χ0v) is 12.7. The molecule has 0 bridgehead atoms. The average Bonchev–Trinajstić information content (AvgIpc) is 2.76. The summed E-state index contributed by atoms with van der Waals surface area (Å²) in [6, 6.07) is 7.11. The van der Waals surface area contributed by atoms with Gasteiger partial charge in [0.1, 0.15) is 5.75 Å². The minimum Gasteiger partial charge on any atom is -0.496 e. The Morgan fingerprint density at radius 1 is 1.44 bits per heavy atom. The van der Waals surface area contributed by atoms with Crippen molar-refractivity contribution in [2.24, 2.45) is 0 Å². The smallest absolute Gasteiger partial charge is 0.177 e. The Bertz CT molecular complexity index is 580. The first kappa shape index (κ1) is 13.6. The van der Waals surface area contributed by atoms with E-state index in [4.69, 9.17) is 16.3 Å². The van der Waals surface area contributed by atoms with E-state index < -0.39 is 0 Å². The third-order valence-corrected chi connectivity index (χ3v) is 4.40. The topological polar surface area (TPSA) is 26.3 Å². The molecule has 2 aromatic rings. The first-order valence-electron chi connectivity index (χ1n) is 5.20. The minimum absolute atomic E-state index is 0.0614. The van der Waals surface area contributed by atoms with Gasteiger partial charge in [-0.2, -0.15) is 0 Å². The third-order valence-electron chi connectivity index (χ3n) is 2.44. The molecule has 94 valence electrons. The Labute approximate surface area is 123 Å². The fourth-order valence-electron chi connectivity index (χ4n) is 1.60. The minimum atomic E-state index is 0.0614. The van der Waals surface area contributed by atoms with Gasteiger partial charge in [-0.15, -0.1) is 11.3 Å². The summed E-state index contributed by atoms with van der Waals surface area (Å²) in [4.78, 5) is 12.8. The van der Waals surface area contributed by atoms with Gasteiger partial charge in [-0.3, -0.25) is 4.79 Å². The van der Waals surface area contributed by atoms with Crippen LogP contribution in [-0.4, -0.2) is 12.9 Å². The van der Waals surface area contributed by atoms with Crippen molar-refractivity contribution in [3.05, 3.63) is 49.6 Å². The molecular formula is C13H10BrClO2S. The van der Waals surface area contributed by atoms with Crippen LogP contribution in [0.5, 0.6) is 5.75 Å². The van der Waals surface area contributed by atoms with Crippen molar-refractivity contribution >= 4 is 44.7 Å². The Balaban J connectivity index is 2.23. The molecule has 0 saturated carbocycles. The maximum atomic E-state index is 12.1. The van der Waals surface area contributed by atoms with Gasteiger partial charge in [0.15, 0.2) is 5.78 Å². The number of hydrogen-bond acceptors (Lipinski definition) is 3. The molecule has 0 atom stereocenters. The van der Waals surface area contributed by atoms with Gasteiger partial charge in [0.2, 0.25) is 0 Å². The van der Waals surface area contributed by atoms with E-state index in [1.165, 1.54) is 11.3 Å². The van der Waals surface area contributed by atoms with Gasteiger partial charge in [0.05, 0.1) is 12.0 Å². The Morgan fingerprint density at radius 3 is 2.83 bits per heavy atom. The van der Waals surface area contributed by atoms with Crippen LogP contribution in [0.3, 0.4) is 0 Å². The van der Waals surface area contributed by atoms with Crippen molar-refractivity contribution in [1.82, 2.24) is 0 Å². The van der Waals surface area contributed by atoms with Crippen molar-refractivity contribution in [1.29, 1.82) is 0 Å². The SMILES string of the molecule is COc1ccc(Cl)cc1CC(=O)c1cc(Br)cs1. The lowest BCUT2D eigenvalue weighted by Crippen LogP contribution is -2.03. The number of hydrogen-bond donors (Lipinski definition) is 0. The van der Waals surface area contributed by atoms with Crippen LogP contribution in [0.15, 0.2) is 34.1 Å². The molecule has 1 aromatic carbocycles. The van der Waals surface area contributed by atoms with Crippen LogP contribution in [0.1, 0.15) is 15.2 Å². The van der Waals surface area contributed by atoms with E-state index in [0.717, 1.165) is 14.9 Å². The molecule has 0 spiro atoms. The molecule has 0 amide bonds. The molecule has 2 rings (SSSR count). The number of thiophene rings is 1. The zero-order valence-electron chi connectivity index (χ0n) is 9.57. The van der Waals surface area contributed by atoms with Crippen molar-refractivity contribution in [2.45, 2.75) is 6.42 Å². The zero-order chi connectivity index (χ0) is 13.1. The molecule has 18 heavy (non-hydrogen) atoms. The standard InChI is InChI=1S/C13H10BrClO2S/c1-17-12-3-2-10(15)4-8(12)5-11(16)13-6-9(14)7-18-13/h2-4,6-7H,5H2,1H3. The van der Waals surface area contributed by atoms with Crippen molar-refractivity contribution < 1.29 is 9.53 Å². The maximum absolute atomic E-state index is 12.1. The molecule has 0 aliphatic carbocycles. The molecule has 0 saturated heterocycles. The molecule has 5 heteroatoms. The summed E-state index contributed by atoms with van der Waals surface area (Å²) < 4.78 is 6.15.